The van der Waals surface area contributed by atoms with Gasteiger partial charge in [-0.3, -0.25) is 0 Å². The van der Waals surface area contributed by atoms with Gasteiger partial charge in [0.25, 0.3) is 0 Å². The molecule has 4 fully saturated rings. The van der Waals surface area contributed by atoms with Crippen molar-refractivity contribution in [1.29, 1.82) is 0 Å². The molecule has 0 atom stereocenters. The Morgan fingerprint density at radius 2 is 0.504 bits per heavy atom. The number of halogens is 4. The van der Waals surface area contributed by atoms with Gasteiger partial charge in [0.15, 0.2) is 0 Å². The van der Waals surface area contributed by atoms with Gasteiger partial charge in [-0.25, -0.2) is 19.9 Å². The van der Waals surface area contributed by atoms with Crippen molar-refractivity contribution in [2.45, 2.75) is 207 Å². The van der Waals surface area contributed by atoms with Crippen molar-refractivity contribution in [2.24, 2.45) is 0 Å². The van der Waals surface area contributed by atoms with Crippen molar-refractivity contribution in [1.82, 2.24) is 41.2 Å². The molecule has 125 heavy (non-hydrogen) atoms. The van der Waals surface area contributed by atoms with Crippen LogP contribution >= 0.6 is 46.4 Å². The van der Waals surface area contributed by atoms with Gasteiger partial charge >= 0.3 is 0 Å². The number of anilines is 8. The zero-order valence-corrected chi connectivity index (χ0v) is 77.8. The van der Waals surface area contributed by atoms with Crippen LogP contribution in [0.2, 0.25) is 20.1 Å². The van der Waals surface area contributed by atoms with Crippen LogP contribution in [0.5, 0.6) is 23.0 Å². The number of nitrogens with one attached hydrogen (secondary N) is 8. The molecule has 4 saturated heterocycles. The van der Waals surface area contributed by atoms with Gasteiger partial charge in [-0.15, -0.1) is 0 Å². The summed E-state index contributed by atoms with van der Waals surface area (Å²) >= 11 is 24.0. The van der Waals surface area contributed by atoms with E-state index in [2.05, 4.69) is 176 Å². The third-order valence-electron chi connectivity index (χ3n) is 22.7. The maximum atomic E-state index is 10.1. The molecule has 4 aromatic heterocycles. The lowest BCUT2D eigenvalue weighted by Crippen LogP contribution is -2.49. The van der Waals surface area contributed by atoms with Gasteiger partial charge in [-0.2, -0.15) is 0 Å². The first kappa shape index (κ1) is 92.7. The summed E-state index contributed by atoms with van der Waals surface area (Å²) in [6.45, 7) is 37.3. The average Bonchev–Trinajstić information content (AvgIpc) is 0.796. The van der Waals surface area contributed by atoms with Crippen LogP contribution in [0.1, 0.15) is 157 Å². The van der Waals surface area contributed by atoms with Gasteiger partial charge in [-0.05, 0) is 278 Å². The van der Waals surface area contributed by atoms with E-state index in [0.717, 1.165) is 230 Å². The first-order valence-electron chi connectivity index (χ1n) is 44.0. The molecule has 0 amide bonds. The zero-order valence-electron chi connectivity index (χ0n) is 74.8. The Morgan fingerprint density at radius 1 is 0.296 bits per heavy atom. The maximum absolute atomic E-state index is 10.1. The van der Waals surface area contributed by atoms with Crippen molar-refractivity contribution in [3.63, 3.8) is 0 Å². The minimum Gasteiger partial charge on any atom is -0.508 e. The fourth-order valence-electron chi connectivity index (χ4n) is 17.0. The highest BCUT2D eigenvalue weighted by molar-refractivity contribution is 6.31. The lowest BCUT2D eigenvalue weighted by Gasteiger charge is -2.37. The molecule has 662 valence electrons. The summed E-state index contributed by atoms with van der Waals surface area (Å²) in [4.78, 5) is 28.9. The van der Waals surface area contributed by atoms with Crippen LogP contribution < -0.4 is 66.9 Å². The maximum Gasteiger partial charge on any atom is 0.129 e. The Hall–Kier alpha value is -10.0. The van der Waals surface area contributed by atoms with E-state index < -0.39 is 0 Å². The zero-order chi connectivity index (χ0) is 88.7. The molecule has 4 aliphatic rings. The van der Waals surface area contributed by atoms with Gasteiger partial charge in [0.1, 0.15) is 46.3 Å². The van der Waals surface area contributed by atoms with Crippen LogP contribution in [-0.2, 0) is 26.2 Å². The van der Waals surface area contributed by atoms with E-state index in [1.54, 1.807) is 25.3 Å². The standard InChI is InChI=1S/C26H33ClN4O.3C25H31ClN4O/c1-26(2,3)30-20-11-13-31(14-12-20)24-16-25(28-17-18-5-7-19(27)8-6-18)29-23-10-9-21(32-4)15-22(23)24;3*1-25(2,3)29-19-10-12-30(13-11-19)23-15-24(27-16-17-4-6-18(26)7-5-17)28-22-9-8-20(31)14-21(22)23/h5-10,15-16,20,30H,11-14,17H2,1-4H3,(H,28,29);3*4-9,14-15,19,29,31H,10-13,16H2,1-3H3,(H,27,28). The Balaban J connectivity index is 0.000000143. The summed E-state index contributed by atoms with van der Waals surface area (Å²) in [6.07, 6.45) is 8.79. The second kappa shape index (κ2) is 41.6. The molecule has 0 bridgehead atoms. The van der Waals surface area contributed by atoms with Gasteiger partial charge in [-0.1, -0.05) is 94.9 Å². The number of fused-ring (bicyclic) bond motifs is 4. The van der Waals surface area contributed by atoms with E-state index in [0.29, 0.717) is 50.3 Å². The first-order valence-corrected chi connectivity index (χ1v) is 45.6. The summed E-state index contributed by atoms with van der Waals surface area (Å²) in [5.41, 5.74) is 13.3. The lowest BCUT2D eigenvalue weighted by molar-refractivity contribution is 0.317. The van der Waals surface area contributed by atoms with E-state index >= 15 is 0 Å². The number of ether oxygens (including phenoxy) is 1. The van der Waals surface area contributed by atoms with Crippen LogP contribution in [0.3, 0.4) is 0 Å². The summed E-state index contributed by atoms with van der Waals surface area (Å²) in [5.74, 6) is 5.02. The molecular weight excluding hydrogens is 1640 g/mol. The molecule has 0 unspecified atom stereocenters. The van der Waals surface area contributed by atoms with Crippen molar-refractivity contribution in [3.05, 3.63) is 236 Å². The lowest BCUT2D eigenvalue weighted by atomic mass is 9.99. The van der Waals surface area contributed by atoms with Crippen LogP contribution in [0, 0.1) is 0 Å². The topological polar surface area (TPSA) is 231 Å². The summed E-state index contributed by atoms with van der Waals surface area (Å²) < 4.78 is 5.50. The summed E-state index contributed by atoms with van der Waals surface area (Å²) in [6, 6.07) is 64.3. The fourth-order valence-corrected chi connectivity index (χ4v) is 17.5. The van der Waals surface area contributed by atoms with Crippen molar-refractivity contribution in [3.8, 4) is 23.0 Å². The molecule has 8 heterocycles. The molecule has 24 heteroatoms. The number of aromatic hydroxyl groups is 3. The number of nitrogens with zero attached hydrogens (tertiary/aromatic N) is 8. The Labute approximate surface area is 759 Å². The SMILES string of the molecule is CC(C)(C)NC1CCN(c2cc(NCc3ccc(Cl)cc3)nc3ccc(O)cc23)CC1.CC(C)(C)NC1CCN(c2cc(NCc3ccc(Cl)cc3)nc3ccc(O)cc23)CC1.CC(C)(C)NC1CCN(c2cc(NCc3ccc(Cl)cc3)nc3ccc(O)cc23)CC1.COc1ccc2nc(NCc3ccc(Cl)cc3)cc(N3CCC(NC(C)(C)C)CC3)c2c1. The summed E-state index contributed by atoms with van der Waals surface area (Å²) in [7, 11) is 1.71. The minimum atomic E-state index is 0.126. The number of phenolic OH excluding ortho intramolecular Hbond substituents is 3. The largest absolute Gasteiger partial charge is 0.508 e. The van der Waals surface area contributed by atoms with Crippen molar-refractivity contribution in [2.75, 3.05) is 100 Å². The quantitative estimate of drug-likeness (QED) is 0.0321. The number of hydrogen-bond donors (Lipinski definition) is 11. The number of benzene rings is 8. The van der Waals surface area contributed by atoms with E-state index in [-0.39, 0.29) is 39.4 Å². The van der Waals surface area contributed by atoms with Crippen LogP contribution in [0.15, 0.2) is 194 Å². The van der Waals surface area contributed by atoms with Gasteiger partial charge in [0, 0.05) is 214 Å². The molecule has 16 rings (SSSR count). The second-order valence-electron chi connectivity index (χ2n) is 37.6. The van der Waals surface area contributed by atoms with E-state index in [9.17, 15) is 15.3 Å². The molecule has 0 aliphatic carbocycles. The molecule has 20 nitrogen and oxygen atoms in total. The highest BCUT2D eigenvalue weighted by Gasteiger charge is 2.30. The minimum absolute atomic E-state index is 0.126. The summed E-state index contributed by atoms with van der Waals surface area (Å²) in [5, 5.41) is 66.1. The van der Waals surface area contributed by atoms with Gasteiger partial charge in [0.2, 0.25) is 0 Å². The van der Waals surface area contributed by atoms with E-state index in [1.165, 1.54) is 11.3 Å². The third kappa shape index (κ3) is 27.5. The number of pyridine rings is 4. The predicted octanol–water partition coefficient (Wildman–Crippen LogP) is 22.6. The number of aromatic nitrogens is 4. The number of methoxy groups -OCH3 is 1. The van der Waals surface area contributed by atoms with Crippen molar-refractivity contribution < 1.29 is 20.1 Å². The molecule has 0 spiro atoms. The van der Waals surface area contributed by atoms with Crippen LogP contribution in [-0.4, -0.2) is 141 Å². The Bertz CT molecular complexity index is 5130. The molecule has 12 aromatic rings. The smallest absolute Gasteiger partial charge is 0.129 e. The number of piperidine rings is 4. The normalized spacial score (nSPS) is 15.4. The second-order valence-corrected chi connectivity index (χ2v) is 39.4. The van der Waals surface area contributed by atoms with Crippen LogP contribution in [0.4, 0.5) is 46.0 Å². The highest BCUT2D eigenvalue weighted by atomic mass is 35.5. The third-order valence-corrected chi connectivity index (χ3v) is 23.8. The average molecular weight is 1770 g/mol. The number of rotatable bonds is 21. The molecule has 11 N–H and O–H groups in total. The van der Waals surface area contributed by atoms with Gasteiger partial charge in [0.05, 0.1) is 29.2 Å². The molecule has 8 aromatic carbocycles. The van der Waals surface area contributed by atoms with Gasteiger partial charge < -0.3 is 82.2 Å². The Morgan fingerprint density at radius 3 is 0.712 bits per heavy atom. The Kier molecular flexibility index (Phi) is 30.9. The van der Waals surface area contributed by atoms with E-state index in [1.807, 2.05) is 146 Å². The fraction of sp³-hybridized carbons (Fsp3) is 0.406. The number of hydrogen-bond acceptors (Lipinski definition) is 20. The number of phenols is 3. The van der Waals surface area contributed by atoms with Crippen molar-refractivity contribution >= 4 is 136 Å². The molecule has 4 aliphatic heterocycles. The monoisotopic (exact) mass is 1770 g/mol. The van der Waals surface area contributed by atoms with E-state index in [4.69, 9.17) is 71.1 Å². The predicted molar refractivity (Wildman–Crippen MR) is 526 cm³/mol. The highest BCUT2D eigenvalue weighted by Crippen LogP contribution is 2.40. The molecule has 0 saturated carbocycles. The first-order chi connectivity index (χ1) is 59.6. The molecule has 0 radical (unpaired) electrons. The van der Waals surface area contributed by atoms with Crippen LogP contribution in [0.25, 0.3) is 43.6 Å². The molecular formula is C101H126Cl4N16O4.